The van der Waals surface area contributed by atoms with Crippen molar-refractivity contribution in [2.24, 2.45) is 5.10 Å². The number of nitrogens with one attached hydrogen (secondary N) is 2. The molecule has 1 amide bonds. The van der Waals surface area contributed by atoms with Crippen LogP contribution in [0.4, 0.5) is 5.69 Å². The number of benzene rings is 4. The molecule has 0 radical (unpaired) electrons. The van der Waals surface area contributed by atoms with E-state index in [-0.39, 0.29) is 50.2 Å². The minimum Gasteiger partial charge on any atom is -0.494 e. The van der Waals surface area contributed by atoms with Crippen LogP contribution in [-0.4, -0.2) is 52.9 Å². The van der Waals surface area contributed by atoms with Crippen LogP contribution in [0.1, 0.15) is 36.6 Å². The van der Waals surface area contributed by atoms with Crippen LogP contribution in [0.25, 0.3) is 51.5 Å². The first-order valence-corrected chi connectivity index (χ1v) is 16.6. The molecular weight excluding hydrogens is 704 g/mol. The molecule has 0 unspecified atom stereocenters. The van der Waals surface area contributed by atoms with Gasteiger partial charge in [-0.25, -0.2) is 9.59 Å². The molecule has 0 saturated carbocycles. The summed E-state index contributed by atoms with van der Waals surface area (Å²) in [5.74, 6) is -3.04. The number of fused-ring (bicyclic) bond motifs is 2. The Morgan fingerprint density at radius 2 is 1.22 bits per heavy atom. The number of aromatic amines is 2. The second kappa shape index (κ2) is 13.4. The second-order valence-electron chi connectivity index (χ2n) is 12.3. The van der Waals surface area contributed by atoms with Gasteiger partial charge in [-0.1, -0.05) is 66.7 Å². The minimum atomic E-state index is -1.13. The van der Waals surface area contributed by atoms with E-state index in [1.807, 2.05) is 0 Å². The first-order valence-electron chi connectivity index (χ1n) is 16.6. The number of amides is 1. The number of carboxylic acids is 2. The van der Waals surface area contributed by atoms with Crippen molar-refractivity contribution >= 4 is 35.7 Å². The van der Waals surface area contributed by atoms with E-state index in [4.69, 9.17) is 0 Å². The van der Waals surface area contributed by atoms with Crippen LogP contribution in [0.15, 0.2) is 130 Å². The van der Waals surface area contributed by atoms with E-state index in [0.717, 1.165) is 9.69 Å². The third kappa shape index (κ3) is 5.94. The maximum Gasteiger partial charge on any atom is 0.335 e. The minimum absolute atomic E-state index is 0.0268. The van der Waals surface area contributed by atoms with E-state index >= 15 is 0 Å². The second-order valence-corrected chi connectivity index (χ2v) is 12.3. The summed E-state index contributed by atoms with van der Waals surface area (Å²) in [5, 5.41) is 40.0. The summed E-state index contributed by atoms with van der Waals surface area (Å²) in [6, 6.07) is 28.9. The highest BCUT2D eigenvalue weighted by atomic mass is 16.4. The summed E-state index contributed by atoms with van der Waals surface area (Å²) in [6.07, 6.45) is 4.53. The maximum atomic E-state index is 14.0. The Balaban J connectivity index is 1.29. The van der Waals surface area contributed by atoms with Crippen molar-refractivity contribution in [3.63, 3.8) is 0 Å². The summed E-state index contributed by atoms with van der Waals surface area (Å²) in [4.78, 5) is 70.0. The Labute approximate surface area is 308 Å². The molecule has 0 aliphatic carbocycles. The van der Waals surface area contributed by atoms with Gasteiger partial charge in [0, 0.05) is 21.9 Å². The summed E-state index contributed by atoms with van der Waals surface area (Å²) in [5.41, 5.74) is 1.86. The van der Waals surface area contributed by atoms with Crippen LogP contribution < -0.4 is 26.8 Å². The molecule has 0 bridgehead atoms. The average molecular weight is 731 g/mol. The number of anilines is 1. The van der Waals surface area contributed by atoms with Gasteiger partial charge < -0.3 is 25.3 Å². The number of pyridine rings is 2. The molecule has 4 aromatic carbocycles. The Bertz CT molecular complexity index is 2930. The van der Waals surface area contributed by atoms with Gasteiger partial charge in [0.25, 0.3) is 17.0 Å². The van der Waals surface area contributed by atoms with Crippen molar-refractivity contribution in [1.29, 1.82) is 0 Å². The molecular formula is C41H26N6O8. The fourth-order valence-electron chi connectivity index (χ4n) is 6.50. The zero-order valence-corrected chi connectivity index (χ0v) is 28.3. The van der Waals surface area contributed by atoms with E-state index < -0.39 is 29.0 Å². The Morgan fingerprint density at radius 3 is 1.80 bits per heavy atom. The zero-order valence-electron chi connectivity index (χ0n) is 28.3. The van der Waals surface area contributed by atoms with Crippen molar-refractivity contribution in [2.75, 3.05) is 5.01 Å². The molecule has 3 aliphatic rings. The molecule has 14 heteroatoms. The fraction of sp³-hybridized carbons (Fsp3) is 0. The van der Waals surface area contributed by atoms with Gasteiger partial charge in [-0.3, -0.25) is 14.4 Å². The number of hydrogen-bond donors (Lipinski definition) is 5. The number of aromatic nitrogens is 4. The molecule has 0 fully saturated rings. The first-order chi connectivity index (χ1) is 26.6. The lowest BCUT2D eigenvalue weighted by Crippen LogP contribution is -2.38. The summed E-state index contributed by atoms with van der Waals surface area (Å²) in [6.45, 7) is 0. The third-order valence-electron chi connectivity index (χ3n) is 9.06. The van der Waals surface area contributed by atoms with Crippen LogP contribution >= 0.6 is 0 Å². The lowest BCUT2D eigenvalue weighted by atomic mass is 9.95. The molecule has 0 atom stereocenters. The molecule has 5 N–H and O–H groups in total. The van der Waals surface area contributed by atoms with Gasteiger partial charge in [-0.2, -0.15) is 9.69 Å². The molecule has 4 heterocycles. The Morgan fingerprint density at radius 1 is 0.655 bits per heavy atom. The predicted octanol–water partition coefficient (Wildman–Crippen LogP) is 4.48. The van der Waals surface area contributed by atoms with Crippen molar-refractivity contribution in [2.45, 2.75) is 0 Å². The van der Waals surface area contributed by atoms with Crippen molar-refractivity contribution < 1.29 is 29.7 Å². The molecule has 0 saturated heterocycles. The van der Waals surface area contributed by atoms with Crippen LogP contribution in [0.3, 0.4) is 0 Å². The maximum absolute atomic E-state index is 14.0. The number of carbonyl (C=O) groups excluding carboxylic acids is 1. The van der Waals surface area contributed by atoms with E-state index in [9.17, 15) is 39.3 Å². The average Bonchev–Trinajstić information content (AvgIpc) is 3.70. The number of aromatic hydroxyl groups is 1. The van der Waals surface area contributed by atoms with Crippen molar-refractivity contribution in [3.05, 3.63) is 169 Å². The third-order valence-corrected chi connectivity index (χ3v) is 9.06. The van der Waals surface area contributed by atoms with Gasteiger partial charge >= 0.3 is 11.9 Å². The molecule has 0 spiro atoms. The highest BCUT2D eigenvalue weighted by molar-refractivity contribution is 6.11. The molecule has 8 rings (SSSR count). The molecule has 55 heavy (non-hydrogen) atoms. The smallest absolute Gasteiger partial charge is 0.335 e. The quantitative estimate of drug-likeness (QED) is 0.149. The number of nitrogens with zero attached hydrogens (tertiary/aromatic N) is 4. The lowest BCUT2D eigenvalue weighted by molar-refractivity contribution is 0.0686. The van der Waals surface area contributed by atoms with Gasteiger partial charge in [-0.15, -0.1) is 10.2 Å². The molecule has 14 nitrogen and oxygen atoms in total. The normalized spacial score (nSPS) is 12.7. The van der Waals surface area contributed by atoms with Gasteiger partial charge in [0.1, 0.15) is 0 Å². The topological polar surface area (TPSA) is 211 Å². The number of allylic oxidation sites excluding steroid dienone is 1. The van der Waals surface area contributed by atoms with Crippen LogP contribution in [0, 0.1) is 0 Å². The summed E-state index contributed by atoms with van der Waals surface area (Å²) >= 11 is 0. The van der Waals surface area contributed by atoms with Crippen LogP contribution in [0.5, 0.6) is 5.88 Å². The van der Waals surface area contributed by atoms with Crippen molar-refractivity contribution in [1.82, 2.24) is 19.7 Å². The van der Waals surface area contributed by atoms with Gasteiger partial charge in [-0.05, 0) is 71.8 Å². The van der Waals surface area contributed by atoms with Crippen LogP contribution in [-0.2, 0) is 0 Å². The lowest BCUT2D eigenvalue weighted by Gasteiger charge is -2.13. The number of hydrogen-bond acceptors (Lipinski definition) is 8. The Hall–Kier alpha value is -8.13. The summed E-state index contributed by atoms with van der Waals surface area (Å²) < 4.78 is 1.11. The number of carboxylic acid groups (broad SMARTS) is 2. The van der Waals surface area contributed by atoms with E-state index in [1.165, 1.54) is 66.8 Å². The molecule has 1 aromatic heterocycles. The highest BCUT2D eigenvalue weighted by Gasteiger charge is 2.31. The number of carbonyl (C=O) groups is 3. The largest absolute Gasteiger partial charge is 0.494 e. The molecule has 268 valence electrons. The van der Waals surface area contributed by atoms with E-state index in [1.54, 1.807) is 60.7 Å². The van der Waals surface area contributed by atoms with Crippen LogP contribution in [0.2, 0.25) is 0 Å². The fourth-order valence-corrected chi connectivity index (χ4v) is 6.50. The Kier molecular flexibility index (Phi) is 8.31. The van der Waals surface area contributed by atoms with Gasteiger partial charge in [0.05, 0.1) is 33.6 Å². The van der Waals surface area contributed by atoms with E-state index in [2.05, 4.69) is 20.2 Å². The monoisotopic (exact) mass is 730 g/mol. The standard InChI is InChI=1S/C41H26N6O8/c48-36-28(30(22-8-3-1-4-9-22)32-34(42-36)44-46(38(32)50)26-18-14-24(15-19-26)40(52)53)12-7-13-29-31(23-10-5-2-6-11-23)33-35(43-37(29)49)45-47(39(33)51)27-20-16-25(17-21-27)41(54)55/h1-21H,(H,52,53)(H,54,55)(H,42,44,48)(H2,43,45,49). The van der Waals surface area contributed by atoms with E-state index in [0.29, 0.717) is 33.6 Å². The number of rotatable bonds is 8. The van der Waals surface area contributed by atoms with Gasteiger partial charge in [0.15, 0.2) is 17.2 Å². The summed E-state index contributed by atoms with van der Waals surface area (Å²) in [7, 11) is 0. The van der Waals surface area contributed by atoms with Crippen molar-refractivity contribution in [3.8, 4) is 45.2 Å². The molecule has 3 aliphatic heterocycles. The SMILES string of the molecule is O=C(O)c1ccc(N2N=c3[nH]c(=O)c(=CC=Cc4c(O)[nH]c5nn(-c6ccc(C(=O)O)cc6)c(=O)c-5c4-c4ccccc4)c(-c4ccccc4)c3C2=O)cc1. The number of H-pyrrole nitrogens is 2. The molecule has 5 aromatic rings. The number of aromatic carboxylic acids is 2. The predicted molar refractivity (Wildman–Crippen MR) is 202 cm³/mol. The van der Waals surface area contributed by atoms with Gasteiger partial charge in [0.2, 0.25) is 0 Å². The zero-order chi connectivity index (χ0) is 38.4. The first kappa shape index (κ1) is 34.0. The highest BCUT2D eigenvalue weighted by Crippen LogP contribution is 2.38.